The highest BCUT2D eigenvalue weighted by Gasteiger charge is 2.29. The monoisotopic (exact) mass is 226 g/mol. The quantitative estimate of drug-likeness (QED) is 0.425. The Morgan fingerprint density at radius 1 is 1.25 bits per heavy atom. The van der Waals surface area contributed by atoms with Gasteiger partial charge in [0.15, 0.2) is 11.6 Å². The molecule has 1 fully saturated rings. The molecule has 1 rings (SSSR count). The van der Waals surface area contributed by atoms with Gasteiger partial charge in [0.2, 0.25) is 0 Å². The van der Waals surface area contributed by atoms with Crippen LogP contribution < -0.4 is 0 Å². The Balaban J connectivity index is 2.56. The predicted molar refractivity (Wildman–Crippen MR) is 59.1 cm³/mol. The van der Waals surface area contributed by atoms with Crippen molar-refractivity contribution in [2.45, 2.75) is 51.6 Å². The number of rotatable bonds is 5. The van der Waals surface area contributed by atoms with Gasteiger partial charge in [0.05, 0.1) is 11.7 Å². The summed E-state index contributed by atoms with van der Waals surface area (Å²) in [5.74, 6) is -0.692. The summed E-state index contributed by atoms with van der Waals surface area (Å²) in [6, 6.07) is 0. The van der Waals surface area contributed by atoms with Crippen molar-refractivity contribution in [3.05, 3.63) is 11.3 Å². The van der Waals surface area contributed by atoms with Crippen LogP contribution in [0.25, 0.3) is 0 Å². The Bertz CT molecular complexity index is 299. The fraction of sp³-hybridized carbons (Fsp3) is 0.667. The van der Waals surface area contributed by atoms with Crippen LogP contribution in [-0.2, 0) is 9.59 Å². The van der Waals surface area contributed by atoms with E-state index < -0.39 is 6.10 Å². The van der Waals surface area contributed by atoms with Gasteiger partial charge in [-0.15, -0.1) is 0 Å². The summed E-state index contributed by atoms with van der Waals surface area (Å²) in [6.45, 7) is 1.96. The summed E-state index contributed by atoms with van der Waals surface area (Å²) in [7, 11) is 0. The first-order valence-electron chi connectivity index (χ1n) is 5.72. The molecule has 0 aliphatic heterocycles. The van der Waals surface area contributed by atoms with E-state index in [0.29, 0.717) is 12.8 Å². The Labute approximate surface area is 95.0 Å². The maximum atomic E-state index is 11.3. The lowest BCUT2D eigenvalue weighted by Gasteiger charge is -2.09. The topological polar surface area (TPSA) is 74.6 Å². The Kier molecular flexibility index (Phi) is 4.68. The smallest absolute Gasteiger partial charge is 0.170 e. The van der Waals surface area contributed by atoms with E-state index in [-0.39, 0.29) is 42.2 Å². The zero-order valence-corrected chi connectivity index (χ0v) is 9.53. The van der Waals surface area contributed by atoms with Gasteiger partial charge in [0.25, 0.3) is 0 Å². The Hall–Kier alpha value is -1.16. The Morgan fingerprint density at radius 3 is 2.31 bits per heavy atom. The molecule has 1 aliphatic rings. The average molecular weight is 226 g/mol. The summed E-state index contributed by atoms with van der Waals surface area (Å²) < 4.78 is 0. The summed E-state index contributed by atoms with van der Waals surface area (Å²) >= 11 is 0. The maximum absolute atomic E-state index is 11.3. The van der Waals surface area contributed by atoms with Crippen LogP contribution >= 0.6 is 0 Å². The van der Waals surface area contributed by atoms with Crippen molar-refractivity contribution >= 4 is 11.6 Å². The van der Waals surface area contributed by atoms with Gasteiger partial charge in [0.1, 0.15) is 5.76 Å². The van der Waals surface area contributed by atoms with E-state index in [4.69, 9.17) is 0 Å². The number of ketones is 2. The SMILES string of the molecule is CCC[C@@H](O)CCC(O)=C1C(=O)CCC1=O. The van der Waals surface area contributed by atoms with E-state index >= 15 is 0 Å². The number of carbonyl (C=O) groups excluding carboxylic acids is 2. The largest absolute Gasteiger partial charge is 0.511 e. The molecule has 0 radical (unpaired) electrons. The average Bonchev–Trinajstić information content (AvgIpc) is 2.56. The molecule has 16 heavy (non-hydrogen) atoms. The van der Waals surface area contributed by atoms with Crippen LogP contribution in [0.5, 0.6) is 0 Å². The lowest BCUT2D eigenvalue weighted by atomic mass is 10.0. The number of hydrogen-bond donors (Lipinski definition) is 2. The maximum Gasteiger partial charge on any atom is 0.170 e. The molecular weight excluding hydrogens is 208 g/mol. The van der Waals surface area contributed by atoms with Crippen LogP contribution in [0.1, 0.15) is 45.4 Å². The molecule has 0 bridgehead atoms. The third-order valence-electron chi connectivity index (χ3n) is 2.76. The molecule has 1 atom stereocenters. The van der Waals surface area contributed by atoms with Crippen LogP contribution in [0.2, 0.25) is 0 Å². The number of aliphatic hydroxyl groups is 2. The highest BCUT2D eigenvalue weighted by atomic mass is 16.3. The van der Waals surface area contributed by atoms with Crippen LogP contribution in [0.3, 0.4) is 0 Å². The molecular formula is C12H18O4. The minimum atomic E-state index is -0.473. The Morgan fingerprint density at radius 2 is 1.81 bits per heavy atom. The molecule has 0 aromatic heterocycles. The minimum absolute atomic E-state index is 0.0382. The molecule has 0 heterocycles. The third-order valence-corrected chi connectivity index (χ3v) is 2.76. The number of allylic oxidation sites excluding steroid dienone is 2. The van der Waals surface area contributed by atoms with Crippen molar-refractivity contribution in [3.63, 3.8) is 0 Å². The van der Waals surface area contributed by atoms with Gasteiger partial charge in [-0.1, -0.05) is 13.3 Å². The van der Waals surface area contributed by atoms with Gasteiger partial charge < -0.3 is 10.2 Å². The van der Waals surface area contributed by atoms with Gasteiger partial charge in [-0.2, -0.15) is 0 Å². The van der Waals surface area contributed by atoms with Gasteiger partial charge in [-0.3, -0.25) is 9.59 Å². The molecule has 0 unspecified atom stereocenters. The lowest BCUT2D eigenvalue weighted by Crippen LogP contribution is -2.09. The molecule has 4 nitrogen and oxygen atoms in total. The summed E-state index contributed by atoms with van der Waals surface area (Å²) in [4.78, 5) is 22.6. The normalized spacial score (nSPS) is 18.0. The number of hydrogen-bond acceptors (Lipinski definition) is 4. The van der Waals surface area contributed by atoms with Crippen molar-refractivity contribution in [1.29, 1.82) is 0 Å². The summed E-state index contributed by atoms with van der Waals surface area (Å²) in [5.41, 5.74) is -0.0382. The standard InChI is InChI=1S/C12H18O4/c1-2-3-8(13)4-5-9(14)12-10(15)6-7-11(12)16/h8,13-14H,2-7H2,1H3/t8-/m1/s1. The van der Waals surface area contributed by atoms with Crippen molar-refractivity contribution in [3.8, 4) is 0 Å². The van der Waals surface area contributed by atoms with Crippen LogP contribution in [0, 0.1) is 0 Å². The van der Waals surface area contributed by atoms with Crippen LogP contribution in [0.4, 0.5) is 0 Å². The van der Waals surface area contributed by atoms with Crippen LogP contribution in [-0.4, -0.2) is 27.9 Å². The first-order chi connectivity index (χ1) is 7.56. The fourth-order valence-corrected chi connectivity index (χ4v) is 1.86. The molecule has 0 spiro atoms. The van der Waals surface area contributed by atoms with Gasteiger partial charge >= 0.3 is 0 Å². The highest BCUT2D eigenvalue weighted by Crippen LogP contribution is 2.22. The number of carbonyl (C=O) groups is 2. The molecule has 0 aromatic rings. The van der Waals surface area contributed by atoms with Crippen molar-refractivity contribution < 1.29 is 19.8 Å². The zero-order valence-electron chi connectivity index (χ0n) is 9.53. The molecule has 0 aromatic carbocycles. The molecule has 1 saturated carbocycles. The third kappa shape index (κ3) is 3.17. The lowest BCUT2D eigenvalue weighted by molar-refractivity contribution is -0.116. The van der Waals surface area contributed by atoms with Crippen molar-refractivity contribution in [2.75, 3.05) is 0 Å². The molecule has 1 aliphatic carbocycles. The molecule has 90 valence electrons. The van der Waals surface area contributed by atoms with Gasteiger partial charge in [0, 0.05) is 19.3 Å². The highest BCUT2D eigenvalue weighted by molar-refractivity contribution is 6.25. The van der Waals surface area contributed by atoms with E-state index in [1.165, 1.54) is 0 Å². The summed E-state index contributed by atoms with van der Waals surface area (Å²) in [6.07, 6.45) is 2.07. The van der Waals surface area contributed by atoms with E-state index in [9.17, 15) is 19.8 Å². The second-order valence-corrected chi connectivity index (χ2v) is 4.15. The second-order valence-electron chi connectivity index (χ2n) is 4.15. The predicted octanol–water partition coefficient (Wildman–Crippen LogP) is 1.67. The fourth-order valence-electron chi connectivity index (χ4n) is 1.86. The van der Waals surface area contributed by atoms with Gasteiger partial charge in [-0.25, -0.2) is 0 Å². The minimum Gasteiger partial charge on any atom is -0.511 e. The van der Waals surface area contributed by atoms with Crippen molar-refractivity contribution in [2.24, 2.45) is 0 Å². The number of aliphatic hydroxyl groups excluding tert-OH is 2. The first-order valence-corrected chi connectivity index (χ1v) is 5.72. The number of Topliss-reactive ketones (excluding diaryl/α,β-unsaturated/α-hetero) is 2. The molecule has 0 amide bonds. The second kappa shape index (κ2) is 5.80. The molecule has 4 heteroatoms. The van der Waals surface area contributed by atoms with E-state index in [0.717, 1.165) is 6.42 Å². The van der Waals surface area contributed by atoms with E-state index in [1.807, 2.05) is 6.92 Å². The van der Waals surface area contributed by atoms with E-state index in [2.05, 4.69) is 0 Å². The molecule has 0 saturated heterocycles. The van der Waals surface area contributed by atoms with Crippen molar-refractivity contribution in [1.82, 2.24) is 0 Å². The first kappa shape index (κ1) is 12.9. The zero-order chi connectivity index (χ0) is 12.1. The summed E-state index contributed by atoms with van der Waals surface area (Å²) in [5, 5.41) is 19.1. The molecule has 2 N–H and O–H groups in total. The van der Waals surface area contributed by atoms with Crippen LogP contribution in [0.15, 0.2) is 11.3 Å². The van der Waals surface area contributed by atoms with E-state index in [1.54, 1.807) is 0 Å². The van der Waals surface area contributed by atoms with Gasteiger partial charge in [-0.05, 0) is 12.8 Å².